The van der Waals surface area contributed by atoms with Crippen LogP contribution < -0.4 is 16.0 Å². The van der Waals surface area contributed by atoms with Crippen LogP contribution in [0.3, 0.4) is 0 Å². The van der Waals surface area contributed by atoms with E-state index in [2.05, 4.69) is 39.9 Å². The normalized spacial score (nSPS) is 14.7. The fourth-order valence-corrected chi connectivity index (χ4v) is 3.14. The summed E-state index contributed by atoms with van der Waals surface area (Å²) in [6.07, 6.45) is 4.87. The third-order valence-corrected chi connectivity index (χ3v) is 4.36. The van der Waals surface area contributed by atoms with Gasteiger partial charge >= 0.3 is 0 Å². The maximum atomic E-state index is 12.1. The van der Waals surface area contributed by atoms with Gasteiger partial charge in [0.05, 0.1) is 6.20 Å². The molecule has 0 unspecified atom stereocenters. The van der Waals surface area contributed by atoms with E-state index in [1.807, 2.05) is 30.5 Å². The standard InChI is InChI=1S/C19H23N7O/c1-12(2)21-19-25-18-23-15-8-5-7-14(10-15)22-16(27)9-4-3-6-13-11-20-26(19)17(13)24-18/h5,7-8,10-12H,3-4,6,9H2,1-2H3,(H,22,27)(H2,21,23,24,25). The Bertz CT molecular complexity index is 979. The summed E-state index contributed by atoms with van der Waals surface area (Å²) in [4.78, 5) is 21.4. The predicted molar refractivity (Wildman–Crippen MR) is 105 cm³/mol. The van der Waals surface area contributed by atoms with Gasteiger partial charge in [-0.05, 0) is 51.3 Å². The molecule has 0 spiro atoms. The van der Waals surface area contributed by atoms with Crippen molar-refractivity contribution in [3.63, 3.8) is 0 Å². The first-order valence-corrected chi connectivity index (χ1v) is 9.26. The van der Waals surface area contributed by atoms with Crippen molar-refractivity contribution in [3.8, 4) is 0 Å². The number of anilines is 4. The quantitative estimate of drug-likeness (QED) is 0.644. The summed E-state index contributed by atoms with van der Waals surface area (Å²) in [6.45, 7) is 4.12. The largest absolute Gasteiger partial charge is 0.352 e. The Labute approximate surface area is 157 Å². The van der Waals surface area contributed by atoms with Gasteiger partial charge in [-0.1, -0.05) is 6.07 Å². The molecule has 8 heteroatoms. The summed E-state index contributed by atoms with van der Waals surface area (Å²) < 4.78 is 1.75. The molecule has 1 aliphatic rings. The molecule has 3 heterocycles. The minimum absolute atomic E-state index is 0.0301. The number of nitrogens with zero attached hydrogens (tertiary/aromatic N) is 4. The zero-order valence-electron chi connectivity index (χ0n) is 15.5. The van der Waals surface area contributed by atoms with Crippen LogP contribution >= 0.6 is 0 Å². The number of fused-ring (bicyclic) bond motifs is 3. The van der Waals surface area contributed by atoms with E-state index in [0.717, 1.165) is 41.8 Å². The van der Waals surface area contributed by atoms with Crippen molar-refractivity contribution in [2.45, 2.75) is 45.6 Å². The van der Waals surface area contributed by atoms with Crippen molar-refractivity contribution in [2.75, 3.05) is 16.0 Å². The number of rotatable bonds is 2. The Hall–Kier alpha value is -3.16. The number of carbonyl (C=O) groups excluding carboxylic acids is 1. The van der Waals surface area contributed by atoms with Gasteiger partial charge < -0.3 is 16.0 Å². The summed E-state index contributed by atoms with van der Waals surface area (Å²) in [7, 11) is 0. The van der Waals surface area contributed by atoms with E-state index < -0.39 is 0 Å². The fourth-order valence-electron chi connectivity index (χ4n) is 3.14. The highest BCUT2D eigenvalue weighted by molar-refractivity contribution is 5.91. The lowest BCUT2D eigenvalue weighted by Crippen LogP contribution is -2.16. The molecule has 0 saturated carbocycles. The van der Waals surface area contributed by atoms with Crippen LogP contribution in [0.5, 0.6) is 0 Å². The van der Waals surface area contributed by atoms with E-state index in [1.165, 1.54) is 0 Å². The van der Waals surface area contributed by atoms with Crippen LogP contribution in [0, 0.1) is 0 Å². The van der Waals surface area contributed by atoms with E-state index in [1.54, 1.807) is 4.52 Å². The third kappa shape index (κ3) is 3.84. The number of benzene rings is 1. The average molecular weight is 365 g/mol. The fraction of sp³-hybridized carbons (Fsp3) is 0.368. The van der Waals surface area contributed by atoms with Gasteiger partial charge in [-0.25, -0.2) is 0 Å². The van der Waals surface area contributed by atoms with E-state index in [9.17, 15) is 4.79 Å². The average Bonchev–Trinajstić information content (AvgIpc) is 3.01. The number of aromatic nitrogens is 4. The predicted octanol–water partition coefficient (Wildman–Crippen LogP) is 3.35. The molecule has 1 aromatic carbocycles. The van der Waals surface area contributed by atoms with Gasteiger partial charge in [-0.3, -0.25) is 4.79 Å². The van der Waals surface area contributed by atoms with E-state index in [4.69, 9.17) is 4.98 Å². The Morgan fingerprint density at radius 1 is 1.11 bits per heavy atom. The van der Waals surface area contributed by atoms with E-state index >= 15 is 0 Å². The maximum Gasteiger partial charge on any atom is 0.232 e. The molecular weight excluding hydrogens is 342 g/mol. The van der Waals surface area contributed by atoms with Gasteiger partial charge in [0.25, 0.3) is 0 Å². The molecule has 3 N–H and O–H groups in total. The highest BCUT2D eigenvalue weighted by Crippen LogP contribution is 2.23. The molecule has 140 valence electrons. The van der Waals surface area contributed by atoms with Gasteiger partial charge in [-0.15, -0.1) is 0 Å². The Balaban J connectivity index is 1.80. The van der Waals surface area contributed by atoms with Crippen molar-refractivity contribution in [3.05, 3.63) is 36.0 Å². The van der Waals surface area contributed by atoms with Crippen LogP contribution in [0.25, 0.3) is 5.65 Å². The summed E-state index contributed by atoms with van der Waals surface area (Å²) in [5.74, 6) is 1.18. The summed E-state index contributed by atoms with van der Waals surface area (Å²) >= 11 is 0. The molecule has 27 heavy (non-hydrogen) atoms. The lowest BCUT2D eigenvalue weighted by Gasteiger charge is -2.14. The lowest BCUT2D eigenvalue weighted by atomic mass is 10.1. The molecule has 0 atom stereocenters. The van der Waals surface area contributed by atoms with Gasteiger partial charge in [-0.2, -0.15) is 19.6 Å². The molecule has 1 aliphatic heterocycles. The van der Waals surface area contributed by atoms with Crippen molar-refractivity contribution in [1.29, 1.82) is 0 Å². The second-order valence-corrected chi connectivity index (χ2v) is 7.04. The molecule has 0 aliphatic carbocycles. The van der Waals surface area contributed by atoms with Gasteiger partial charge in [0, 0.05) is 29.4 Å². The van der Waals surface area contributed by atoms with Crippen molar-refractivity contribution in [1.82, 2.24) is 19.6 Å². The van der Waals surface area contributed by atoms with E-state index in [-0.39, 0.29) is 11.9 Å². The second-order valence-electron chi connectivity index (χ2n) is 7.04. The first-order chi connectivity index (χ1) is 13.1. The van der Waals surface area contributed by atoms with Crippen LogP contribution in [0.1, 0.15) is 38.7 Å². The maximum absolute atomic E-state index is 12.1. The molecule has 4 rings (SSSR count). The Kier molecular flexibility index (Phi) is 4.62. The summed E-state index contributed by atoms with van der Waals surface area (Å²) in [5.41, 5.74) is 3.41. The van der Waals surface area contributed by atoms with Crippen molar-refractivity contribution >= 4 is 34.8 Å². The first-order valence-electron chi connectivity index (χ1n) is 9.26. The number of hydrogen-bond acceptors (Lipinski definition) is 6. The minimum atomic E-state index is 0.0301. The molecule has 2 aromatic heterocycles. The molecular formula is C19H23N7O. The third-order valence-electron chi connectivity index (χ3n) is 4.36. The van der Waals surface area contributed by atoms with E-state index in [0.29, 0.717) is 18.3 Å². The summed E-state index contributed by atoms with van der Waals surface area (Å²) in [5, 5.41) is 14.0. The van der Waals surface area contributed by atoms with Gasteiger partial charge in [0.1, 0.15) is 0 Å². The molecule has 4 bridgehead atoms. The second kappa shape index (κ2) is 7.22. The number of hydrogen-bond donors (Lipinski definition) is 3. The molecule has 0 saturated heterocycles. The zero-order chi connectivity index (χ0) is 18.8. The number of nitrogens with one attached hydrogen (secondary N) is 3. The van der Waals surface area contributed by atoms with Crippen LogP contribution in [0.4, 0.5) is 23.3 Å². The SMILES string of the molecule is CC(C)Nc1nc2nc3c(cnn13)CCCCC(=O)Nc1cccc(c1)N2. The lowest BCUT2D eigenvalue weighted by molar-refractivity contribution is -0.116. The molecule has 3 aromatic rings. The first kappa shape index (κ1) is 17.3. The van der Waals surface area contributed by atoms with Crippen LogP contribution in [-0.2, 0) is 11.2 Å². The molecule has 0 radical (unpaired) electrons. The molecule has 8 nitrogen and oxygen atoms in total. The van der Waals surface area contributed by atoms with Crippen LogP contribution in [0.15, 0.2) is 30.5 Å². The monoisotopic (exact) mass is 365 g/mol. The minimum Gasteiger partial charge on any atom is -0.352 e. The van der Waals surface area contributed by atoms with Crippen LogP contribution in [0.2, 0.25) is 0 Å². The number of carbonyl (C=O) groups is 1. The molecule has 0 fully saturated rings. The molecule has 1 amide bonds. The number of amides is 1. The number of aryl methyl sites for hydroxylation is 1. The van der Waals surface area contributed by atoms with Gasteiger partial charge in [0.2, 0.25) is 17.8 Å². The highest BCUT2D eigenvalue weighted by Gasteiger charge is 2.15. The van der Waals surface area contributed by atoms with Crippen molar-refractivity contribution in [2.24, 2.45) is 0 Å². The highest BCUT2D eigenvalue weighted by atomic mass is 16.1. The Morgan fingerprint density at radius 2 is 1.89 bits per heavy atom. The zero-order valence-corrected chi connectivity index (χ0v) is 15.5. The smallest absolute Gasteiger partial charge is 0.232 e. The topological polar surface area (TPSA) is 96.2 Å². The Morgan fingerprint density at radius 3 is 2.70 bits per heavy atom. The van der Waals surface area contributed by atoms with Gasteiger partial charge in [0.15, 0.2) is 5.65 Å². The summed E-state index contributed by atoms with van der Waals surface area (Å²) in [6, 6.07) is 7.78. The van der Waals surface area contributed by atoms with Crippen LogP contribution in [-0.4, -0.2) is 31.5 Å². The van der Waals surface area contributed by atoms with Crippen molar-refractivity contribution < 1.29 is 4.79 Å².